The van der Waals surface area contributed by atoms with Gasteiger partial charge in [-0.3, -0.25) is 15.0 Å². The van der Waals surface area contributed by atoms with Gasteiger partial charge in [-0.1, -0.05) is 60.9 Å². The highest BCUT2D eigenvalue weighted by molar-refractivity contribution is 7.15. The largest absolute Gasteiger partial charge is 0.299 e. The zero-order valence-corrected chi connectivity index (χ0v) is 15.9. The van der Waals surface area contributed by atoms with Gasteiger partial charge in [0.25, 0.3) is 0 Å². The minimum atomic E-state index is -0.249. The quantitative estimate of drug-likeness (QED) is 0.849. The molecule has 1 aliphatic heterocycles. The third-order valence-electron chi connectivity index (χ3n) is 5.49. The van der Waals surface area contributed by atoms with Gasteiger partial charge in [0.05, 0.1) is 0 Å². The van der Waals surface area contributed by atoms with Crippen molar-refractivity contribution in [3.63, 3.8) is 0 Å². The van der Waals surface area contributed by atoms with Crippen LogP contribution in [0.3, 0.4) is 0 Å². The molecule has 2 fully saturated rings. The Balaban J connectivity index is 1.48. The number of carbonyl (C=O) groups excluding carboxylic acids is 1. The molecule has 1 amide bonds. The predicted octanol–water partition coefficient (Wildman–Crippen LogP) is 4.36. The zero-order valence-electron chi connectivity index (χ0n) is 15.1. The molecule has 0 spiro atoms. The lowest BCUT2D eigenvalue weighted by atomic mass is 9.90. The monoisotopic (exact) mass is 370 g/mol. The average molecular weight is 371 g/mol. The molecule has 1 atom stereocenters. The maximum Gasteiger partial charge on any atom is 0.248 e. The van der Waals surface area contributed by atoms with Gasteiger partial charge in [0.2, 0.25) is 11.0 Å². The van der Waals surface area contributed by atoms with Crippen LogP contribution in [0.25, 0.3) is 0 Å². The van der Waals surface area contributed by atoms with Crippen LogP contribution in [0.4, 0.5) is 5.13 Å². The summed E-state index contributed by atoms with van der Waals surface area (Å²) in [4.78, 5) is 15.3. The van der Waals surface area contributed by atoms with E-state index in [0.29, 0.717) is 11.0 Å². The molecule has 0 radical (unpaired) electrons. The molecule has 2 heterocycles. The van der Waals surface area contributed by atoms with Crippen LogP contribution in [0.5, 0.6) is 0 Å². The number of hydrogen-bond acceptors (Lipinski definition) is 5. The Labute approximate surface area is 158 Å². The van der Waals surface area contributed by atoms with E-state index < -0.39 is 0 Å². The van der Waals surface area contributed by atoms with Gasteiger partial charge in [0.15, 0.2) is 0 Å². The van der Waals surface area contributed by atoms with Crippen LogP contribution in [0.1, 0.15) is 67.5 Å². The summed E-state index contributed by atoms with van der Waals surface area (Å²) in [5.74, 6) is 0.528. The van der Waals surface area contributed by atoms with Crippen LogP contribution in [0, 0.1) is 0 Å². The molecule has 5 nitrogen and oxygen atoms in total. The molecule has 138 valence electrons. The molecule has 1 aliphatic carbocycles. The molecule has 1 saturated carbocycles. The number of nitrogens with one attached hydrogen (secondary N) is 1. The third-order valence-corrected chi connectivity index (χ3v) is 6.50. The Morgan fingerprint density at radius 1 is 1.04 bits per heavy atom. The van der Waals surface area contributed by atoms with Crippen molar-refractivity contribution in [3.8, 4) is 0 Å². The van der Waals surface area contributed by atoms with Crippen molar-refractivity contribution in [3.05, 3.63) is 40.9 Å². The van der Waals surface area contributed by atoms with E-state index in [-0.39, 0.29) is 11.9 Å². The number of anilines is 1. The summed E-state index contributed by atoms with van der Waals surface area (Å²) in [6, 6.07) is 9.81. The van der Waals surface area contributed by atoms with Crippen LogP contribution >= 0.6 is 11.3 Å². The summed E-state index contributed by atoms with van der Waals surface area (Å²) in [7, 11) is 0. The Hall–Kier alpha value is -1.79. The van der Waals surface area contributed by atoms with Gasteiger partial charge in [-0.2, -0.15) is 0 Å². The maximum absolute atomic E-state index is 13.1. The van der Waals surface area contributed by atoms with Crippen molar-refractivity contribution in [2.75, 3.05) is 18.4 Å². The van der Waals surface area contributed by atoms with E-state index in [0.717, 1.165) is 36.5 Å². The number of hydrogen-bond donors (Lipinski definition) is 1. The Morgan fingerprint density at radius 3 is 2.50 bits per heavy atom. The minimum Gasteiger partial charge on any atom is -0.299 e. The van der Waals surface area contributed by atoms with E-state index >= 15 is 0 Å². The average Bonchev–Trinajstić information content (AvgIpc) is 3.36. The fourth-order valence-corrected chi connectivity index (χ4v) is 5.05. The second-order valence-electron chi connectivity index (χ2n) is 7.33. The molecule has 1 aromatic carbocycles. The zero-order chi connectivity index (χ0) is 17.8. The van der Waals surface area contributed by atoms with Crippen molar-refractivity contribution in [2.24, 2.45) is 0 Å². The van der Waals surface area contributed by atoms with E-state index in [9.17, 15) is 4.79 Å². The van der Waals surface area contributed by atoms with Crippen molar-refractivity contribution in [1.82, 2.24) is 15.1 Å². The molecule has 0 bridgehead atoms. The lowest BCUT2D eigenvalue weighted by molar-refractivity contribution is -0.121. The number of benzene rings is 1. The van der Waals surface area contributed by atoms with Gasteiger partial charge in [-0.15, -0.1) is 10.2 Å². The van der Waals surface area contributed by atoms with E-state index in [1.165, 1.54) is 32.1 Å². The van der Waals surface area contributed by atoms with Crippen molar-refractivity contribution in [2.45, 2.75) is 56.9 Å². The van der Waals surface area contributed by atoms with Crippen LogP contribution in [0.2, 0.25) is 0 Å². The molecule has 2 aliphatic rings. The number of carbonyl (C=O) groups is 1. The van der Waals surface area contributed by atoms with Crippen LogP contribution < -0.4 is 5.32 Å². The minimum absolute atomic E-state index is 0.00411. The number of rotatable bonds is 5. The molecule has 1 saturated heterocycles. The van der Waals surface area contributed by atoms with Crippen molar-refractivity contribution >= 4 is 22.4 Å². The van der Waals surface area contributed by atoms with Gasteiger partial charge in [-0.25, -0.2) is 0 Å². The summed E-state index contributed by atoms with van der Waals surface area (Å²) < 4.78 is 0. The third kappa shape index (κ3) is 3.96. The maximum atomic E-state index is 13.1. The molecule has 1 N–H and O–H groups in total. The lowest BCUT2D eigenvalue weighted by Crippen LogP contribution is -2.35. The molecular formula is C20H26N4OS. The highest BCUT2D eigenvalue weighted by Gasteiger charge is 2.30. The smallest absolute Gasteiger partial charge is 0.248 e. The highest BCUT2D eigenvalue weighted by Crippen LogP contribution is 2.35. The van der Waals surface area contributed by atoms with Gasteiger partial charge in [-0.05, 0) is 44.3 Å². The molecule has 2 aromatic rings. The van der Waals surface area contributed by atoms with Gasteiger partial charge < -0.3 is 0 Å². The first kappa shape index (κ1) is 17.6. The molecule has 6 heteroatoms. The first-order valence-electron chi connectivity index (χ1n) is 9.74. The Morgan fingerprint density at radius 2 is 1.77 bits per heavy atom. The number of aromatic nitrogens is 2. The van der Waals surface area contributed by atoms with Crippen LogP contribution in [0.15, 0.2) is 30.3 Å². The number of likely N-dealkylation sites (tertiary alicyclic amines) is 1. The molecule has 1 unspecified atom stereocenters. The fourth-order valence-electron chi connectivity index (χ4n) is 4.14. The van der Waals surface area contributed by atoms with E-state index in [1.54, 1.807) is 11.3 Å². The first-order chi connectivity index (χ1) is 12.8. The second-order valence-corrected chi connectivity index (χ2v) is 8.34. The molecule has 4 rings (SSSR count). The summed E-state index contributed by atoms with van der Waals surface area (Å²) in [5, 5.41) is 13.4. The predicted molar refractivity (Wildman–Crippen MR) is 104 cm³/mol. The fraction of sp³-hybridized carbons (Fsp3) is 0.550. The van der Waals surface area contributed by atoms with Crippen molar-refractivity contribution < 1.29 is 4.79 Å². The summed E-state index contributed by atoms with van der Waals surface area (Å²) in [6.45, 7) is 1.94. The highest BCUT2D eigenvalue weighted by atomic mass is 32.1. The number of nitrogens with zero attached hydrogens (tertiary/aromatic N) is 3. The summed E-state index contributed by atoms with van der Waals surface area (Å²) >= 11 is 1.55. The van der Waals surface area contributed by atoms with Crippen LogP contribution in [-0.2, 0) is 4.79 Å². The number of amides is 1. The normalized spacial score (nSPS) is 20.2. The van der Waals surface area contributed by atoms with E-state index in [1.807, 2.05) is 30.3 Å². The molecule has 1 aromatic heterocycles. The first-order valence-corrected chi connectivity index (χ1v) is 10.6. The lowest BCUT2D eigenvalue weighted by Gasteiger charge is -2.26. The SMILES string of the molecule is O=C(Nc1nnc(C2CCCCC2)s1)C(c1ccccc1)N1CCCC1. The van der Waals surface area contributed by atoms with Crippen LogP contribution in [-0.4, -0.2) is 34.1 Å². The summed E-state index contributed by atoms with van der Waals surface area (Å²) in [5.41, 5.74) is 1.05. The van der Waals surface area contributed by atoms with Gasteiger partial charge in [0.1, 0.15) is 11.0 Å². The Bertz CT molecular complexity index is 720. The van der Waals surface area contributed by atoms with Crippen molar-refractivity contribution in [1.29, 1.82) is 0 Å². The second kappa shape index (κ2) is 8.27. The van der Waals surface area contributed by atoms with E-state index in [4.69, 9.17) is 0 Å². The standard InChI is InChI=1S/C20H26N4OS/c25-18(17(24-13-7-8-14-24)15-9-3-1-4-10-15)21-20-23-22-19(26-20)16-11-5-2-6-12-16/h1,3-4,9-10,16-17H,2,5-8,11-14H2,(H,21,23,25). The molecule has 26 heavy (non-hydrogen) atoms. The molecular weight excluding hydrogens is 344 g/mol. The summed E-state index contributed by atoms with van der Waals surface area (Å²) in [6.07, 6.45) is 8.58. The Kier molecular flexibility index (Phi) is 5.60. The topological polar surface area (TPSA) is 58.1 Å². The van der Waals surface area contributed by atoms with Gasteiger partial charge >= 0.3 is 0 Å². The van der Waals surface area contributed by atoms with Gasteiger partial charge in [0, 0.05) is 5.92 Å². The van der Waals surface area contributed by atoms with E-state index in [2.05, 4.69) is 20.4 Å².